The van der Waals surface area contributed by atoms with Crippen molar-refractivity contribution in [1.82, 2.24) is 5.32 Å². The zero-order valence-corrected chi connectivity index (χ0v) is 30.9. The number of aliphatic imine (C=N–C) groups is 2. The van der Waals surface area contributed by atoms with Gasteiger partial charge in [0.1, 0.15) is 23.2 Å². The van der Waals surface area contributed by atoms with E-state index in [2.05, 4.69) is 187 Å². The van der Waals surface area contributed by atoms with E-state index in [0.717, 1.165) is 83.1 Å². The number of hydrogen-bond donors (Lipinski definition) is 1. The van der Waals surface area contributed by atoms with Crippen molar-refractivity contribution in [2.24, 2.45) is 9.98 Å². The molecule has 10 aromatic rings. The Hall–Kier alpha value is -7.56. The van der Waals surface area contributed by atoms with Crippen molar-refractivity contribution >= 4 is 55.2 Å². The Morgan fingerprint density at radius 1 is 0.421 bits per heavy atom. The zero-order chi connectivity index (χ0) is 37.7. The van der Waals surface area contributed by atoms with Crippen LogP contribution in [0.25, 0.3) is 76.9 Å². The highest BCUT2D eigenvalue weighted by Gasteiger charge is 2.26. The van der Waals surface area contributed by atoms with E-state index < -0.39 is 0 Å². The van der Waals surface area contributed by atoms with Gasteiger partial charge in [0.15, 0.2) is 5.84 Å². The largest absolute Gasteiger partial charge is 0.455 e. The minimum atomic E-state index is -0.353. The molecular weight excluding hydrogens is 695 g/mol. The number of nitrogens with zero attached hydrogens (tertiary/aromatic N) is 2. The standard InChI is InChI=1S/C53H35N3O/c1-3-14-35(15-4-1)43-32-33-44(48-46-23-11-12-25-47(46)57-50(43)48)45-31-30-36-17-8-10-22-42(36)49(45)53-55-51(38-18-5-2-6-19-38)54-52(56-53)39-28-26-37(27-29-39)41-24-13-20-34-16-7-9-21-40(34)41/h1-33,51H,(H,54,55,56). The van der Waals surface area contributed by atoms with E-state index in [1.165, 1.54) is 16.3 Å². The predicted molar refractivity (Wildman–Crippen MR) is 237 cm³/mol. The molecule has 268 valence electrons. The molecule has 0 aliphatic carbocycles. The molecule has 1 aliphatic heterocycles. The second-order valence-electron chi connectivity index (χ2n) is 14.5. The number of fused-ring (bicyclic) bond motifs is 5. The van der Waals surface area contributed by atoms with Gasteiger partial charge in [0.25, 0.3) is 0 Å². The molecule has 0 amide bonds. The Balaban J connectivity index is 1.12. The summed E-state index contributed by atoms with van der Waals surface area (Å²) in [6.45, 7) is 0. The summed E-state index contributed by atoms with van der Waals surface area (Å²) in [5.74, 6) is 1.45. The first-order valence-electron chi connectivity index (χ1n) is 19.4. The lowest BCUT2D eigenvalue weighted by Gasteiger charge is -2.25. The average molecular weight is 730 g/mol. The summed E-state index contributed by atoms with van der Waals surface area (Å²) in [6, 6.07) is 70.4. The van der Waals surface area contributed by atoms with Crippen molar-refractivity contribution < 1.29 is 4.42 Å². The quantitative estimate of drug-likeness (QED) is 0.185. The fourth-order valence-corrected chi connectivity index (χ4v) is 8.43. The number of nitrogens with one attached hydrogen (secondary N) is 1. The van der Waals surface area contributed by atoms with Crippen molar-refractivity contribution in [2.75, 3.05) is 0 Å². The molecule has 1 aliphatic rings. The molecule has 0 fully saturated rings. The maximum Gasteiger partial charge on any atom is 0.160 e. The molecule has 0 saturated heterocycles. The van der Waals surface area contributed by atoms with Gasteiger partial charge in [0, 0.05) is 27.5 Å². The number of rotatable bonds is 6. The van der Waals surface area contributed by atoms with Gasteiger partial charge in [-0.15, -0.1) is 0 Å². The molecule has 1 N–H and O–H groups in total. The third-order valence-electron chi connectivity index (χ3n) is 11.2. The van der Waals surface area contributed by atoms with E-state index in [-0.39, 0.29) is 6.17 Å². The van der Waals surface area contributed by atoms with Gasteiger partial charge in [-0.3, -0.25) is 0 Å². The van der Waals surface area contributed by atoms with Crippen molar-refractivity contribution in [1.29, 1.82) is 0 Å². The summed E-state index contributed by atoms with van der Waals surface area (Å²) in [7, 11) is 0. The van der Waals surface area contributed by atoms with E-state index in [1.807, 2.05) is 18.2 Å². The highest BCUT2D eigenvalue weighted by molar-refractivity contribution is 6.24. The fourth-order valence-electron chi connectivity index (χ4n) is 8.43. The number of hydrogen-bond acceptors (Lipinski definition) is 4. The molecule has 11 rings (SSSR count). The summed E-state index contributed by atoms with van der Waals surface area (Å²) >= 11 is 0. The molecule has 1 unspecified atom stereocenters. The third-order valence-corrected chi connectivity index (χ3v) is 11.2. The van der Waals surface area contributed by atoms with Crippen LogP contribution in [0, 0.1) is 0 Å². The first-order valence-corrected chi connectivity index (χ1v) is 19.4. The molecule has 4 nitrogen and oxygen atoms in total. The van der Waals surface area contributed by atoms with Crippen molar-refractivity contribution in [3.8, 4) is 33.4 Å². The van der Waals surface area contributed by atoms with Gasteiger partial charge in [-0.1, -0.05) is 188 Å². The van der Waals surface area contributed by atoms with Crippen LogP contribution in [0.5, 0.6) is 0 Å². The van der Waals surface area contributed by atoms with Crippen LogP contribution < -0.4 is 5.32 Å². The molecule has 2 heterocycles. The summed E-state index contributed by atoms with van der Waals surface area (Å²) < 4.78 is 6.72. The molecule has 0 radical (unpaired) electrons. The van der Waals surface area contributed by atoms with Crippen LogP contribution in [0.2, 0.25) is 0 Å². The van der Waals surface area contributed by atoms with Gasteiger partial charge in [0.2, 0.25) is 0 Å². The smallest absolute Gasteiger partial charge is 0.160 e. The van der Waals surface area contributed by atoms with E-state index in [0.29, 0.717) is 5.84 Å². The van der Waals surface area contributed by atoms with E-state index in [1.54, 1.807) is 0 Å². The molecule has 0 spiro atoms. The van der Waals surface area contributed by atoms with E-state index in [9.17, 15) is 0 Å². The van der Waals surface area contributed by atoms with Crippen LogP contribution >= 0.6 is 0 Å². The normalized spacial score (nSPS) is 14.1. The monoisotopic (exact) mass is 729 g/mol. The zero-order valence-electron chi connectivity index (χ0n) is 30.9. The van der Waals surface area contributed by atoms with Gasteiger partial charge >= 0.3 is 0 Å². The van der Waals surface area contributed by atoms with Gasteiger partial charge in [-0.25, -0.2) is 9.98 Å². The Morgan fingerprint density at radius 2 is 1.02 bits per heavy atom. The van der Waals surface area contributed by atoms with Gasteiger partial charge < -0.3 is 9.73 Å². The summed E-state index contributed by atoms with van der Waals surface area (Å²) in [6.07, 6.45) is -0.353. The lowest BCUT2D eigenvalue weighted by atomic mass is 9.89. The van der Waals surface area contributed by atoms with E-state index in [4.69, 9.17) is 14.4 Å². The van der Waals surface area contributed by atoms with Crippen LogP contribution in [-0.4, -0.2) is 11.7 Å². The number of furan rings is 1. The first kappa shape index (κ1) is 32.8. The Bertz CT molecular complexity index is 3190. The third kappa shape index (κ3) is 5.70. The van der Waals surface area contributed by atoms with Gasteiger partial charge in [0.05, 0.1) is 0 Å². The van der Waals surface area contributed by atoms with Gasteiger partial charge in [-0.2, -0.15) is 0 Å². The Labute approximate surface area is 330 Å². The molecule has 9 aromatic carbocycles. The van der Waals surface area contributed by atoms with Crippen LogP contribution in [-0.2, 0) is 0 Å². The highest BCUT2D eigenvalue weighted by Crippen LogP contribution is 2.44. The molecule has 4 heteroatoms. The maximum absolute atomic E-state index is 6.72. The Kier molecular flexibility index (Phi) is 7.85. The molecule has 0 saturated carbocycles. The fraction of sp³-hybridized carbons (Fsp3) is 0.0189. The van der Waals surface area contributed by atoms with Crippen LogP contribution in [0.3, 0.4) is 0 Å². The topological polar surface area (TPSA) is 49.9 Å². The van der Waals surface area contributed by atoms with Crippen LogP contribution in [0.15, 0.2) is 215 Å². The molecule has 1 aromatic heterocycles. The number of benzene rings is 9. The maximum atomic E-state index is 6.72. The Morgan fingerprint density at radius 3 is 1.82 bits per heavy atom. The minimum absolute atomic E-state index is 0.353. The lowest BCUT2D eigenvalue weighted by molar-refractivity contribution is 0.670. The predicted octanol–water partition coefficient (Wildman–Crippen LogP) is 13.4. The molecular formula is C53H35N3O. The van der Waals surface area contributed by atoms with Crippen LogP contribution in [0.4, 0.5) is 0 Å². The number of para-hydroxylation sites is 1. The van der Waals surface area contributed by atoms with E-state index >= 15 is 0 Å². The highest BCUT2D eigenvalue weighted by atomic mass is 16.3. The minimum Gasteiger partial charge on any atom is -0.455 e. The molecule has 1 atom stereocenters. The SMILES string of the molecule is c1ccc(-c2ccc(-c3ccc4ccccc4c3C3=NC(c4ccccc4)NC(c4ccc(-c5cccc6ccccc56)cc4)=N3)c3c2oc2ccccc23)cc1. The van der Waals surface area contributed by atoms with Crippen molar-refractivity contribution in [3.63, 3.8) is 0 Å². The first-order chi connectivity index (χ1) is 28.3. The average Bonchev–Trinajstić information content (AvgIpc) is 3.69. The van der Waals surface area contributed by atoms with Crippen LogP contribution in [0.1, 0.15) is 22.9 Å². The van der Waals surface area contributed by atoms with Gasteiger partial charge in [-0.05, 0) is 67.1 Å². The summed E-state index contributed by atoms with van der Waals surface area (Å²) in [4.78, 5) is 10.8. The summed E-state index contributed by atoms with van der Waals surface area (Å²) in [5.41, 5.74) is 11.4. The molecule has 57 heavy (non-hydrogen) atoms. The molecule has 0 bridgehead atoms. The second kappa shape index (κ2) is 13.6. The lowest BCUT2D eigenvalue weighted by Crippen LogP contribution is -2.33. The van der Waals surface area contributed by atoms with Crippen molar-refractivity contribution in [2.45, 2.75) is 6.17 Å². The summed E-state index contributed by atoms with van der Waals surface area (Å²) in [5, 5.41) is 10.5. The second-order valence-corrected chi connectivity index (χ2v) is 14.5. The van der Waals surface area contributed by atoms with Crippen molar-refractivity contribution in [3.05, 3.63) is 217 Å². The number of amidine groups is 2.